The van der Waals surface area contributed by atoms with Gasteiger partial charge in [0, 0.05) is 16.6 Å². The molecule has 2 saturated heterocycles. The molecule has 2 aromatic heterocycles. The molecule has 6 rings (SSSR count). The first-order valence-corrected chi connectivity index (χ1v) is 11.0. The van der Waals surface area contributed by atoms with E-state index in [0.29, 0.717) is 10.6 Å². The Morgan fingerprint density at radius 3 is 2.75 bits per heavy atom. The van der Waals surface area contributed by atoms with Gasteiger partial charge >= 0.3 is 0 Å². The molecule has 168 valence electrons. The van der Waals surface area contributed by atoms with E-state index in [-0.39, 0.29) is 12.7 Å². The monoisotopic (exact) mass is 459 g/mol. The van der Waals surface area contributed by atoms with Crippen molar-refractivity contribution in [3.63, 3.8) is 0 Å². The largest absolute Gasteiger partial charge is 0.367 e. The molecule has 0 saturated carbocycles. The predicted molar refractivity (Wildman–Crippen MR) is 114 cm³/mol. The zero-order chi connectivity index (χ0) is 22.2. The molecule has 0 amide bonds. The first-order chi connectivity index (χ1) is 15.3. The van der Waals surface area contributed by atoms with Gasteiger partial charge in [-0.25, -0.2) is 14.4 Å². The van der Waals surface area contributed by atoms with Gasteiger partial charge in [0.2, 0.25) is 0 Å². The minimum absolute atomic E-state index is 0.0664. The Balaban J connectivity index is 1.42. The quantitative estimate of drug-likeness (QED) is 0.558. The molecular weight excluding hydrogens is 437 g/mol. The van der Waals surface area contributed by atoms with Crippen LogP contribution >= 0.6 is 11.6 Å². The summed E-state index contributed by atoms with van der Waals surface area (Å²) in [7, 11) is 0. The molecule has 9 heteroatoms. The first-order valence-electron chi connectivity index (χ1n) is 10.7. The smallest absolute Gasteiger partial charge is 0.164 e. The van der Waals surface area contributed by atoms with E-state index >= 15 is 0 Å². The van der Waals surface area contributed by atoms with Crippen molar-refractivity contribution >= 4 is 22.6 Å². The standard InChI is InChI=1S/C23H23ClFN3O4/c1-11-13-6-7-28(21(13)27-10-26-11)22-20-19(31-23(2,3)32-20)18(30-22)17-14-5-4-12(24)8-15(14)16(25)9-29-17/h4-8,10,16-20,22H,9H2,1-3H3/t16-,17-,18?,19-,20-,22-/m1/s1. The zero-order valence-electron chi connectivity index (χ0n) is 17.9. The third kappa shape index (κ3) is 3.08. The van der Waals surface area contributed by atoms with Crippen LogP contribution in [0, 0.1) is 6.92 Å². The van der Waals surface area contributed by atoms with Gasteiger partial charge < -0.3 is 23.5 Å². The normalized spacial score (nSPS) is 33.4. The molecule has 3 aromatic rings. The van der Waals surface area contributed by atoms with E-state index in [1.165, 1.54) is 0 Å². The number of hydrogen-bond acceptors (Lipinski definition) is 6. The van der Waals surface area contributed by atoms with Crippen LogP contribution in [0.25, 0.3) is 11.0 Å². The summed E-state index contributed by atoms with van der Waals surface area (Å²) in [6.07, 6.45) is -0.0534. The van der Waals surface area contributed by atoms with Gasteiger partial charge in [0.05, 0.1) is 12.3 Å². The lowest BCUT2D eigenvalue weighted by Crippen LogP contribution is -2.37. The number of hydrogen-bond donors (Lipinski definition) is 0. The molecule has 0 N–H and O–H groups in total. The van der Waals surface area contributed by atoms with Gasteiger partial charge in [-0.1, -0.05) is 17.7 Å². The summed E-state index contributed by atoms with van der Waals surface area (Å²) in [6.45, 7) is 5.64. The lowest BCUT2D eigenvalue weighted by molar-refractivity contribution is -0.214. The Kier molecular flexibility index (Phi) is 4.61. The number of alkyl halides is 1. The summed E-state index contributed by atoms with van der Waals surface area (Å²) >= 11 is 6.14. The van der Waals surface area contributed by atoms with Crippen molar-refractivity contribution in [1.82, 2.24) is 14.5 Å². The number of ether oxygens (including phenoxy) is 4. The number of halogens is 2. The fraction of sp³-hybridized carbons (Fsp3) is 0.478. The molecule has 1 aromatic carbocycles. The number of nitrogens with zero attached hydrogens (tertiary/aromatic N) is 3. The van der Waals surface area contributed by atoms with Crippen LogP contribution in [0.5, 0.6) is 0 Å². The van der Waals surface area contributed by atoms with Crippen LogP contribution in [0.15, 0.2) is 36.8 Å². The van der Waals surface area contributed by atoms with E-state index in [9.17, 15) is 4.39 Å². The van der Waals surface area contributed by atoms with Crippen LogP contribution in [-0.2, 0) is 18.9 Å². The van der Waals surface area contributed by atoms with Gasteiger partial charge in [0.25, 0.3) is 0 Å². The van der Waals surface area contributed by atoms with Crippen molar-refractivity contribution in [3.05, 3.63) is 58.6 Å². The van der Waals surface area contributed by atoms with E-state index in [2.05, 4.69) is 9.97 Å². The highest BCUT2D eigenvalue weighted by Crippen LogP contribution is 2.50. The Labute approximate surface area is 189 Å². The molecule has 2 fully saturated rings. The van der Waals surface area contributed by atoms with E-state index in [1.54, 1.807) is 18.5 Å². The van der Waals surface area contributed by atoms with Gasteiger partial charge in [-0.3, -0.25) is 0 Å². The Morgan fingerprint density at radius 1 is 1.09 bits per heavy atom. The molecule has 3 aliphatic rings. The van der Waals surface area contributed by atoms with Crippen LogP contribution in [-0.4, -0.2) is 45.2 Å². The van der Waals surface area contributed by atoms with Crippen molar-refractivity contribution in [2.45, 2.75) is 63.4 Å². The molecule has 32 heavy (non-hydrogen) atoms. The second kappa shape index (κ2) is 7.20. The molecule has 0 radical (unpaired) electrons. The topological polar surface area (TPSA) is 67.6 Å². The molecule has 7 nitrogen and oxygen atoms in total. The summed E-state index contributed by atoms with van der Waals surface area (Å²) in [6, 6.07) is 7.19. The third-order valence-electron chi connectivity index (χ3n) is 6.46. The minimum Gasteiger partial charge on any atom is -0.367 e. The van der Waals surface area contributed by atoms with Crippen molar-refractivity contribution < 1.29 is 23.3 Å². The van der Waals surface area contributed by atoms with E-state index in [1.807, 2.05) is 43.7 Å². The predicted octanol–water partition coefficient (Wildman–Crippen LogP) is 4.59. The summed E-state index contributed by atoms with van der Waals surface area (Å²) in [5, 5.41) is 1.44. The Morgan fingerprint density at radius 2 is 1.91 bits per heavy atom. The highest BCUT2D eigenvalue weighted by Gasteiger charge is 2.59. The second-order valence-corrected chi connectivity index (χ2v) is 9.41. The molecular formula is C23H23ClFN3O4. The number of rotatable bonds is 2. The zero-order valence-corrected chi connectivity index (χ0v) is 18.6. The van der Waals surface area contributed by atoms with Crippen LogP contribution in [0.3, 0.4) is 0 Å². The Hall–Kier alpha value is -2.10. The van der Waals surface area contributed by atoms with Gasteiger partial charge in [-0.15, -0.1) is 0 Å². The lowest BCUT2D eigenvalue weighted by Gasteiger charge is -2.34. The average molecular weight is 460 g/mol. The molecule has 1 unspecified atom stereocenters. The first kappa shape index (κ1) is 20.5. The maximum absolute atomic E-state index is 14.6. The van der Waals surface area contributed by atoms with Gasteiger partial charge in [0.15, 0.2) is 12.0 Å². The fourth-order valence-corrected chi connectivity index (χ4v) is 5.27. The van der Waals surface area contributed by atoms with Crippen LogP contribution in [0.2, 0.25) is 5.02 Å². The number of fused-ring (bicyclic) bond motifs is 3. The van der Waals surface area contributed by atoms with Gasteiger partial charge in [-0.2, -0.15) is 0 Å². The van der Waals surface area contributed by atoms with E-state index in [0.717, 1.165) is 22.3 Å². The maximum Gasteiger partial charge on any atom is 0.164 e. The van der Waals surface area contributed by atoms with Crippen molar-refractivity contribution in [2.24, 2.45) is 0 Å². The highest BCUT2D eigenvalue weighted by molar-refractivity contribution is 6.30. The molecule has 0 aliphatic carbocycles. The Bertz CT molecular complexity index is 1200. The minimum atomic E-state index is -1.24. The van der Waals surface area contributed by atoms with Crippen molar-refractivity contribution in [1.29, 1.82) is 0 Å². The molecule has 0 bridgehead atoms. The molecule has 5 heterocycles. The number of aromatic nitrogens is 3. The SMILES string of the molecule is Cc1ncnc2c1ccn2[C@@H]1OC([C@@H]2OC[C@@H](F)c3cc(Cl)ccc32)[C@H]2OC(C)(C)O[C@H]21. The van der Waals surface area contributed by atoms with E-state index in [4.69, 9.17) is 30.5 Å². The summed E-state index contributed by atoms with van der Waals surface area (Å²) < 4.78 is 41.6. The maximum atomic E-state index is 14.6. The fourth-order valence-electron chi connectivity index (χ4n) is 5.09. The second-order valence-electron chi connectivity index (χ2n) is 8.97. The summed E-state index contributed by atoms with van der Waals surface area (Å²) in [4.78, 5) is 8.75. The van der Waals surface area contributed by atoms with Crippen LogP contribution in [0.1, 0.15) is 49.2 Å². The summed E-state index contributed by atoms with van der Waals surface area (Å²) in [5.74, 6) is -0.788. The highest BCUT2D eigenvalue weighted by atomic mass is 35.5. The van der Waals surface area contributed by atoms with Gasteiger partial charge in [-0.05, 0) is 50.1 Å². The van der Waals surface area contributed by atoms with Crippen LogP contribution in [0.4, 0.5) is 4.39 Å². The molecule has 0 spiro atoms. The summed E-state index contributed by atoms with van der Waals surface area (Å²) in [5.41, 5.74) is 2.90. The van der Waals surface area contributed by atoms with Crippen molar-refractivity contribution in [3.8, 4) is 0 Å². The number of aryl methyl sites for hydroxylation is 1. The number of benzene rings is 1. The van der Waals surface area contributed by atoms with E-state index < -0.39 is 36.5 Å². The average Bonchev–Trinajstić information content (AvgIpc) is 3.40. The molecule has 6 atom stereocenters. The molecule has 3 aliphatic heterocycles. The van der Waals surface area contributed by atoms with Crippen LogP contribution < -0.4 is 0 Å². The lowest BCUT2D eigenvalue weighted by atomic mass is 9.91. The third-order valence-corrected chi connectivity index (χ3v) is 6.70. The van der Waals surface area contributed by atoms with Crippen molar-refractivity contribution in [2.75, 3.05) is 6.61 Å². The van der Waals surface area contributed by atoms with Gasteiger partial charge in [0.1, 0.15) is 42.6 Å².